The Morgan fingerprint density at radius 1 is 1.29 bits per heavy atom. The highest BCUT2D eigenvalue weighted by Crippen LogP contribution is 2.34. The third kappa shape index (κ3) is 3.03. The van der Waals surface area contributed by atoms with Gasteiger partial charge in [-0.2, -0.15) is 0 Å². The standard InChI is InChI=1S/C16H18N2O3/c1-16(21)14(11-7-5-4-6-8-11)13(15(20)17-16)12(19)9-10-18(2)3/h4-10,21H,1-3H3,(H,17,20)/b10-9+/t16-/m1/s1. The molecule has 1 amide bonds. The fraction of sp³-hybridized carbons (Fsp3) is 0.250. The summed E-state index contributed by atoms with van der Waals surface area (Å²) in [6, 6.07) is 8.92. The molecule has 1 aromatic carbocycles. The first-order valence-corrected chi connectivity index (χ1v) is 6.57. The Labute approximate surface area is 123 Å². The van der Waals surface area contributed by atoms with Gasteiger partial charge < -0.3 is 15.3 Å². The number of carbonyl (C=O) groups excluding carboxylic acids is 2. The lowest BCUT2D eigenvalue weighted by molar-refractivity contribution is -0.122. The SMILES string of the molecule is CN(C)/C=C/C(=O)C1=C(c2ccccc2)[C@@](C)(O)NC1=O. The first-order chi connectivity index (χ1) is 9.83. The van der Waals surface area contributed by atoms with Gasteiger partial charge in [-0.05, 0) is 12.5 Å². The molecular formula is C16H18N2O3. The van der Waals surface area contributed by atoms with Gasteiger partial charge in [0.1, 0.15) is 0 Å². The van der Waals surface area contributed by atoms with Gasteiger partial charge in [-0.25, -0.2) is 0 Å². The molecule has 1 aromatic rings. The summed E-state index contributed by atoms with van der Waals surface area (Å²) >= 11 is 0. The van der Waals surface area contributed by atoms with Crippen molar-refractivity contribution >= 4 is 17.3 Å². The van der Waals surface area contributed by atoms with E-state index in [1.54, 1.807) is 49.5 Å². The zero-order chi connectivity index (χ0) is 15.6. The van der Waals surface area contributed by atoms with Crippen LogP contribution in [0.25, 0.3) is 5.57 Å². The summed E-state index contributed by atoms with van der Waals surface area (Å²) in [7, 11) is 3.56. The van der Waals surface area contributed by atoms with Crippen LogP contribution >= 0.6 is 0 Å². The van der Waals surface area contributed by atoms with Crippen molar-refractivity contribution in [2.24, 2.45) is 0 Å². The largest absolute Gasteiger partial charge is 0.383 e. The number of ketones is 1. The summed E-state index contributed by atoms with van der Waals surface area (Å²) in [6.07, 6.45) is 2.89. The van der Waals surface area contributed by atoms with Gasteiger partial charge in [0.05, 0.1) is 5.57 Å². The van der Waals surface area contributed by atoms with Gasteiger partial charge in [-0.1, -0.05) is 30.3 Å². The lowest BCUT2D eigenvalue weighted by Gasteiger charge is -2.21. The van der Waals surface area contributed by atoms with Gasteiger partial charge in [0, 0.05) is 31.9 Å². The van der Waals surface area contributed by atoms with Gasteiger partial charge in [-0.15, -0.1) is 0 Å². The molecule has 0 unspecified atom stereocenters. The summed E-state index contributed by atoms with van der Waals surface area (Å²) in [5, 5.41) is 12.8. The summed E-state index contributed by atoms with van der Waals surface area (Å²) in [4.78, 5) is 26.1. The summed E-state index contributed by atoms with van der Waals surface area (Å²) < 4.78 is 0. The van der Waals surface area contributed by atoms with Crippen LogP contribution in [0.15, 0.2) is 48.2 Å². The predicted molar refractivity (Wildman–Crippen MR) is 80.0 cm³/mol. The van der Waals surface area contributed by atoms with Crippen molar-refractivity contribution in [2.45, 2.75) is 12.6 Å². The molecular weight excluding hydrogens is 268 g/mol. The summed E-state index contributed by atoms with van der Waals surface area (Å²) in [6.45, 7) is 1.46. The molecule has 1 atom stereocenters. The molecule has 1 aliphatic rings. The second kappa shape index (κ2) is 5.54. The number of carbonyl (C=O) groups is 2. The molecule has 0 spiro atoms. The molecule has 1 heterocycles. The number of nitrogens with one attached hydrogen (secondary N) is 1. The normalized spacial score (nSPS) is 21.8. The lowest BCUT2D eigenvalue weighted by atomic mass is 9.93. The second-order valence-corrected chi connectivity index (χ2v) is 5.29. The maximum atomic E-state index is 12.3. The van der Waals surface area contributed by atoms with Crippen molar-refractivity contribution < 1.29 is 14.7 Å². The van der Waals surface area contributed by atoms with Gasteiger partial charge >= 0.3 is 0 Å². The number of hydrogen-bond donors (Lipinski definition) is 2. The Kier molecular flexibility index (Phi) is 3.95. The van der Waals surface area contributed by atoms with Crippen molar-refractivity contribution in [2.75, 3.05) is 14.1 Å². The fourth-order valence-corrected chi connectivity index (χ4v) is 2.27. The molecule has 5 heteroatoms. The average molecular weight is 286 g/mol. The molecule has 0 saturated carbocycles. The molecule has 2 N–H and O–H groups in total. The van der Waals surface area contributed by atoms with Gasteiger partial charge in [0.15, 0.2) is 11.5 Å². The van der Waals surface area contributed by atoms with E-state index in [0.717, 1.165) is 0 Å². The minimum Gasteiger partial charge on any atom is -0.383 e. The van der Waals surface area contributed by atoms with Gasteiger partial charge in [0.25, 0.3) is 5.91 Å². The second-order valence-electron chi connectivity index (χ2n) is 5.29. The van der Waals surface area contributed by atoms with Crippen LogP contribution in [0.1, 0.15) is 12.5 Å². The molecule has 0 radical (unpaired) electrons. The smallest absolute Gasteiger partial charge is 0.258 e. The lowest BCUT2D eigenvalue weighted by Crippen LogP contribution is -2.40. The van der Waals surface area contributed by atoms with Crippen LogP contribution in [-0.2, 0) is 9.59 Å². The van der Waals surface area contributed by atoms with Crippen molar-refractivity contribution in [3.05, 3.63) is 53.7 Å². The van der Waals surface area contributed by atoms with Gasteiger partial charge in [-0.3, -0.25) is 9.59 Å². The Morgan fingerprint density at radius 3 is 2.48 bits per heavy atom. The van der Waals surface area contributed by atoms with E-state index >= 15 is 0 Å². The molecule has 0 fully saturated rings. The number of amides is 1. The third-order valence-electron chi connectivity index (χ3n) is 3.15. The molecule has 110 valence electrons. The molecule has 5 nitrogen and oxygen atoms in total. The molecule has 2 rings (SSSR count). The highest BCUT2D eigenvalue weighted by Gasteiger charge is 2.42. The Bertz CT molecular complexity index is 628. The maximum Gasteiger partial charge on any atom is 0.258 e. The highest BCUT2D eigenvalue weighted by molar-refractivity contribution is 6.30. The van der Waals surface area contributed by atoms with Crippen molar-refractivity contribution in [3.63, 3.8) is 0 Å². The van der Waals surface area contributed by atoms with Crippen LogP contribution in [0, 0.1) is 0 Å². The third-order valence-corrected chi connectivity index (χ3v) is 3.15. The minimum atomic E-state index is -1.56. The quantitative estimate of drug-likeness (QED) is 0.638. The highest BCUT2D eigenvalue weighted by atomic mass is 16.3. The van der Waals surface area contributed by atoms with Crippen LogP contribution in [0.5, 0.6) is 0 Å². The topological polar surface area (TPSA) is 69.6 Å². The average Bonchev–Trinajstić information content (AvgIpc) is 2.66. The molecule has 0 saturated heterocycles. The first-order valence-electron chi connectivity index (χ1n) is 6.57. The van der Waals surface area contributed by atoms with E-state index < -0.39 is 17.4 Å². The van der Waals surface area contributed by atoms with Crippen molar-refractivity contribution in [3.8, 4) is 0 Å². The van der Waals surface area contributed by atoms with E-state index in [0.29, 0.717) is 11.1 Å². The predicted octanol–water partition coefficient (Wildman–Crippen LogP) is 0.923. The zero-order valence-electron chi connectivity index (χ0n) is 12.3. The number of allylic oxidation sites excluding steroid dienone is 1. The van der Waals surface area contributed by atoms with Crippen LogP contribution in [0.4, 0.5) is 0 Å². The number of nitrogens with zero attached hydrogens (tertiary/aromatic N) is 1. The number of rotatable bonds is 4. The summed E-state index contributed by atoms with van der Waals surface area (Å²) in [5.74, 6) is -0.995. The molecule has 21 heavy (non-hydrogen) atoms. The van der Waals surface area contributed by atoms with Crippen LogP contribution < -0.4 is 5.32 Å². The minimum absolute atomic E-state index is 0.0238. The molecule has 0 aliphatic carbocycles. The molecule has 0 bridgehead atoms. The van der Waals surface area contributed by atoms with Crippen LogP contribution in [-0.4, -0.2) is 41.5 Å². The van der Waals surface area contributed by atoms with Crippen LogP contribution in [0.3, 0.4) is 0 Å². The van der Waals surface area contributed by atoms with E-state index in [-0.39, 0.29) is 5.57 Å². The Morgan fingerprint density at radius 2 is 1.90 bits per heavy atom. The maximum absolute atomic E-state index is 12.3. The Hall–Kier alpha value is -2.40. The Balaban J connectivity index is 2.55. The molecule has 0 aromatic heterocycles. The van der Waals surface area contributed by atoms with E-state index in [1.807, 2.05) is 6.07 Å². The van der Waals surface area contributed by atoms with Gasteiger partial charge in [0.2, 0.25) is 0 Å². The van der Waals surface area contributed by atoms with E-state index in [1.165, 1.54) is 13.0 Å². The number of benzene rings is 1. The fourth-order valence-electron chi connectivity index (χ4n) is 2.27. The van der Waals surface area contributed by atoms with E-state index in [2.05, 4.69) is 5.32 Å². The van der Waals surface area contributed by atoms with E-state index in [9.17, 15) is 14.7 Å². The zero-order valence-corrected chi connectivity index (χ0v) is 12.3. The van der Waals surface area contributed by atoms with E-state index in [4.69, 9.17) is 0 Å². The van der Waals surface area contributed by atoms with Crippen molar-refractivity contribution in [1.29, 1.82) is 0 Å². The first kappa shape index (κ1) is 15.0. The number of hydrogen-bond acceptors (Lipinski definition) is 4. The van der Waals surface area contributed by atoms with Crippen LogP contribution in [0.2, 0.25) is 0 Å². The molecule has 1 aliphatic heterocycles. The van der Waals surface area contributed by atoms with Crippen molar-refractivity contribution in [1.82, 2.24) is 10.2 Å². The summed E-state index contributed by atoms with van der Waals surface area (Å²) in [5.41, 5.74) is -0.636. The monoisotopic (exact) mass is 286 g/mol. The number of aliphatic hydroxyl groups is 1.